The highest BCUT2D eigenvalue weighted by Crippen LogP contribution is 2.54. The fourth-order valence-electron chi connectivity index (χ4n) is 4.69. The first-order valence-corrected chi connectivity index (χ1v) is 11.9. The number of fused-ring (bicyclic) bond motifs is 2. The molecule has 1 N–H and O–H groups in total. The maximum absolute atomic E-state index is 13.7. The van der Waals surface area contributed by atoms with Crippen LogP contribution in [0.25, 0.3) is 10.8 Å². The van der Waals surface area contributed by atoms with Crippen molar-refractivity contribution < 1.29 is 38.1 Å². The zero-order valence-corrected chi connectivity index (χ0v) is 21.0. The molecule has 1 heterocycles. The van der Waals surface area contributed by atoms with Gasteiger partial charge in [0.25, 0.3) is 0 Å². The molecular weight excluding hydrogens is 478 g/mol. The van der Waals surface area contributed by atoms with Crippen molar-refractivity contribution in [2.75, 3.05) is 13.2 Å². The number of carbonyl (C=O) groups is 4. The molecule has 0 aromatic heterocycles. The van der Waals surface area contributed by atoms with Crippen molar-refractivity contribution in [3.8, 4) is 11.5 Å². The third-order valence-electron chi connectivity index (χ3n) is 5.97. The maximum atomic E-state index is 13.7. The van der Waals surface area contributed by atoms with Gasteiger partial charge in [-0.3, -0.25) is 14.9 Å². The summed E-state index contributed by atoms with van der Waals surface area (Å²) in [7, 11) is 0. The van der Waals surface area contributed by atoms with Crippen molar-refractivity contribution in [2.24, 2.45) is 0 Å². The first-order valence-electron chi connectivity index (χ1n) is 11.9. The second-order valence-corrected chi connectivity index (χ2v) is 8.36. The average molecular weight is 506 g/mol. The standard InChI is InChI=1S/C28H27NO8/c1-5-34-26(32)28(27(33)35-6-2)22-21(23(29-28)18-12-8-7-9-13-18)24(36-16(3)30)19-14-10-11-15-20(19)25(22)37-17(4)31/h7-15,23,29H,5-6H2,1-4H3/t23-/m1/s1. The molecule has 3 aromatic rings. The molecule has 9 heteroatoms. The lowest BCUT2D eigenvalue weighted by atomic mass is 9.85. The number of hydrogen-bond donors (Lipinski definition) is 1. The second kappa shape index (κ2) is 10.4. The summed E-state index contributed by atoms with van der Waals surface area (Å²) in [5.74, 6) is -3.05. The van der Waals surface area contributed by atoms with E-state index >= 15 is 0 Å². The highest BCUT2D eigenvalue weighted by molar-refractivity contribution is 6.11. The number of carbonyl (C=O) groups excluding carboxylic acids is 4. The molecule has 0 spiro atoms. The Balaban J connectivity index is 2.24. The minimum absolute atomic E-state index is 0.00315. The van der Waals surface area contributed by atoms with E-state index in [9.17, 15) is 19.2 Å². The van der Waals surface area contributed by atoms with E-state index in [1.807, 2.05) is 6.07 Å². The van der Waals surface area contributed by atoms with Crippen LogP contribution in [0.4, 0.5) is 0 Å². The molecule has 192 valence electrons. The highest BCUT2D eigenvalue weighted by atomic mass is 16.6. The first kappa shape index (κ1) is 25.8. The summed E-state index contributed by atoms with van der Waals surface area (Å²) in [4.78, 5) is 52.0. The fourth-order valence-corrected chi connectivity index (χ4v) is 4.69. The minimum atomic E-state index is -2.22. The summed E-state index contributed by atoms with van der Waals surface area (Å²) in [5.41, 5.74) is -1.26. The number of nitrogens with one attached hydrogen (secondary N) is 1. The van der Waals surface area contributed by atoms with Gasteiger partial charge in [0.2, 0.25) is 5.54 Å². The van der Waals surface area contributed by atoms with Crippen molar-refractivity contribution in [2.45, 2.75) is 39.3 Å². The number of benzene rings is 3. The van der Waals surface area contributed by atoms with E-state index in [1.54, 1.807) is 62.4 Å². The van der Waals surface area contributed by atoms with E-state index in [0.717, 1.165) is 0 Å². The molecule has 0 aliphatic carbocycles. The van der Waals surface area contributed by atoms with Gasteiger partial charge in [0.05, 0.1) is 19.3 Å². The number of hydrogen-bond acceptors (Lipinski definition) is 9. The van der Waals surface area contributed by atoms with Crippen LogP contribution in [0.1, 0.15) is 50.4 Å². The van der Waals surface area contributed by atoms with Crippen molar-refractivity contribution >= 4 is 34.6 Å². The third kappa shape index (κ3) is 4.42. The van der Waals surface area contributed by atoms with Crippen molar-refractivity contribution in [3.05, 3.63) is 71.3 Å². The predicted molar refractivity (Wildman–Crippen MR) is 133 cm³/mol. The molecule has 0 saturated carbocycles. The number of ether oxygens (including phenoxy) is 4. The molecule has 3 aromatic carbocycles. The Hall–Kier alpha value is -4.24. The van der Waals surface area contributed by atoms with Gasteiger partial charge in [-0.25, -0.2) is 9.59 Å². The minimum Gasteiger partial charge on any atom is -0.464 e. The van der Waals surface area contributed by atoms with Gasteiger partial charge in [0, 0.05) is 35.7 Å². The molecule has 0 bridgehead atoms. The van der Waals surface area contributed by atoms with Gasteiger partial charge in [-0.2, -0.15) is 0 Å². The van der Waals surface area contributed by atoms with E-state index < -0.39 is 35.5 Å². The lowest BCUT2D eigenvalue weighted by Gasteiger charge is -2.28. The van der Waals surface area contributed by atoms with Crippen molar-refractivity contribution in [3.63, 3.8) is 0 Å². The second-order valence-electron chi connectivity index (χ2n) is 8.36. The first-order chi connectivity index (χ1) is 17.8. The van der Waals surface area contributed by atoms with Crippen LogP contribution in [-0.4, -0.2) is 37.1 Å². The topological polar surface area (TPSA) is 117 Å². The summed E-state index contributed by atoms with van der Waals surface area (Å²) in [5, 5.41) is 3.95. The van der Waals surface area contributed by atoms with Gasteiger partial charge in [-0.05, 0) is 19.4 Å². The van der Waals surface area contributed by atoms with E-state index in [1.165, 1.54) is 13.8 Å². The summed E-state index contributed by atoms with van der Waals surface area (Å²) < 4.78 is 22.2. The van der Waals surface area contributed by atoms with Gasteiger partial charge < -0.3 is 18.9 Å². The highest BCUT2D eigenvalue weighted by Gasteiger charge is 2.61. The van der Waals surface area contributed by atoms with Gasteiger partial charge in [-0.1, -0.05) is 54.6 Å². The van der Waals surface area contributed by atoms with Crippen LogP contribution >= 0.6 is 0 Å². The molecule has 0 amide bonds. The summed E-state index contributed by atoms with van der Waals surface area (Å²) >= 11 is 0. The number of rotatable bonds is 7. The Bertz CT molecular complexity index is 1360. The predicted octanol–water partition coefficient (Wildman–Crippen LogP) is 3.70. The molecule has 37 heavy (non-hydrogen) atoms. The monoisotopic (exact) mass is 505 g/mol. The van der Waals surface area contributed by atoms with Gasteiger partial charge in [0.1, 0.15) is 11.5 Å². The molecule has 1 aliphatic rings. The Morgan fingerprint density at radius 1 is 0.757 bits per heavy atom. The lowest BCUT2D eigenvalue weighted by Crippen LogP contribution is -2.54. The fraction of sp³-hybridized carbons (Fsp3) is 0.286. The molecule has 1 atom stereocenters. The molecule has 0 saturated heterocycles. The zero-order chi connectivity index (χ0) is 26.7. The van der Waals surface area contributed by atoms with Crippen molar-refractivity contribution in [1.29, 1.82) is 0 Å². The summed E-state index contributed by atoms with van der Waals surface area (Å²) in [6.45, 7) is 5.64. The van der Waals surface area contributed by atoms with Crippen LogP contribution in [0, 0.1) is 0 Å². The normalized spacial score (nSPS) is 15.5. The summed E-state index contributed by atoms with van der Waals surface area (Å²) in [6, 6.07) is 15.0. The number of esters is 4. The van der Waals surface area contributed by atoms with Gasteiger partial charge >= 0.3 is 23.9 Å². The van der Waals surface area contributed by atoms with Gasteiger partial charge in [-0.15, -0.1) is 0 Å². The molecule has 0 radical (unpaired) electrons. The Morgan fingerprint density at radius 2 is 1.24 bits per heavy atom. The Morgan fingerprint density at radius 3 is 1.76 bits per heavy atom. The summed E-state index contributed by atoms with van der Waals surface area (Å²) in [6.07, 6.45) is 0. The lowest BCUT2D eigenvalue weighted by molar-refractivity contribution is -0.167. The molecule has 1 aliphatic heterocycles. The SMILES string of the molecule is CCOC(=O)C1(C(=O)OCC)N[C@H](c2ccccc2)c2c1c(OC(C)=O)c1ccccc1c2OC(C)=O. The van der Waals surface area contributed by atoms with Crippen molar-refractivity contribution in [1.82, 2.24) is 5.32 Å². The van der Waals surface area contributed by atoms with Crippen LogP contribution in [0.3, 0.4) is 0 Å². The van der Waals surface area contributed by atoms with E-state index in [4.69, 9.17) is 18.9 Å². The molecule has 0 fully saturated rings. The quantitative estimate of drug-likeness (QED) is 0.291. The molecule has 4 rings (SSSR count). The third-order valence-corrected chi connectivity index (χ3v) is 5.97. The van der Waals surface area contributed by atoms with E-state index in [2.05, 4.69) is 5.32 Å². The Kier molecular flexibility index (Phi) is 7.26. The van der Waals surface area contributed by atoms with E-state index in [-0.39, 0.29) is 35.8 Å². The zero-order valence-electron chi connectivity index (χ0n) is 21.0. The van der Waals surface area contributed by atoms with Gasteiger partial charge in [0.15, 0.2) is 0 Å². The molecule has 0 unspecified atom stereocenters. The largest absolute Gasteiger partial charge is 0.464 e. The maximum Gasteiger partial charge on any atom is 0.343 e. The average Bonchev–Trinajstić information content (AvgIpc) is 3.24. The van der Waals surface area contributed by atoms with Crippen LogP contribution in [-0.2, 0) is 34.2 Å². The Labute approximate surface area is 213 Å². The van der Waals surface area contributed by atoms with Crippen LogP contribution in [0.5, 0.6) is 11.5 Å². The van der Waals surface area contributed by atoms with Crippen LogP contribution < -0.4 is 14.8 Å². The smallest absolute Gasteiger partial charge is 0.343 e. The van der Waals surface area contributed by atoms with E-state index in [0.29, 0.717) is 16.3 Å². The van der Waals surface area contributed by atoms with Crippen LogP contribution in [0.2, 0.25) is 0 Å². The molecular formula is C28H27NO8. The van der Waals surface area contributed by atoms with Crippen LogP contribution in [0.15, 0.2) is 54.6 Å². The molecule has 9 nitrogen and oxygen atoms in total.